The topological polar surface area (TPSA) is 296 Å². The Morgan fingerprint density at radius 2 is 0.634 bits per heavy atom. The Kier molecular flexibility index (Phi) is 19.9. The maximum absolute atomic E-state index is 13.3. The monoisotopic (exact) mass is 990 g/mol. The molecule has 0 atom stereocenters. The average Bonchev–Trinajstić information content (AvgIpc) is 3.17. The summed E-state index contributed by atoms with van der Waals surface area (Å²) in [5, 5.41) is 20.7. The molecular formula is C49H66N8O14. The molecule has 8 amide bonds. The molecule has 0 aliphatic heterocycles. The number of nitrogens with one attached hydrogen (secondary N) is 8. The van der Waals surface area contributed by atoms with Gasteiger partial charge >= 0.3 is 30.3 Å². The van der Waals surface area contributed by atoms with E-state index in [-0.39, 0.29) is 83.4 Å². The van der Waals surface area contributed by atoms with E-state index in [1.165, 1.54) is 54.6 Å². The van der Waals surface area contributed by atoms with Gasteiger partial charge in [0.05, 0.1) is 12.2 Å². The third-order valence-electron chi connectivity index (χ3n) is 8.26. The van der Waals surface area contributed by atoms with Crippen molar-refractivity contribution >= 4 is 88.1 Å². The summed E-state index contributed by atoms with van der Waals surface area (Å²) in [7, 11) is 0. The van der Waals surface area contributed by atoms with Gasteiger partial charge in [-0.15, -0.1) is 0 Å². The van der Waals surface area contributed by atoms with Crippen LogP contribution in [-0.4, -0.2) is 96.1 Å². The number of rotatable bonds is 16. The molecule has 0 aliphatic rings. The lowest BCUT2D eigenvalue weighted by atomic mass is 10.1. The largest absolute Gasteiger partial charge is 0.462 e. The number of carbonyl (C=O) groups is 9. The van der Waals surface area contributed by atoms with Crippen molar-refractivity contribution in [1.29, 1.82) is 0 Å². The SMILES string of the molecule is CCOC(=O)c1cc(NC(=O)CCNC(=O)c2cc(NC(=O)OC(C)(C)C)cc(NC(=O)OC(C)(C)C)c2)cc(NC(=O)CCNC(=O)c2cc(NC(=O)OC(C)(C)C)cc(NC(=O)OC(C)(C)C)c2)c1. The highest BCUT2D eigenvalue weighted by Gasteiger charge is 2.23. The van der Waals surface area contributed by atoms with Crippen molar-refractivity contribution in [1.82, 2.24) is 10.6 Å². The molecule has 71 heavy (non-hydrogen) atoms. The van der Waals surface area contributed by atoms with Gasteiger partial charge in [-0.05, 0) is 145 Å². The van der Waals surface area contributed by atoms with E-state index in [0.29, 0.717) is 0 Å². The van der Waals surface area contributed by atoms with Crippen molar-refractivity contribution in [2.45, 2.75) is 125 Å². The lowest BCUT2D eigenvalue weighted by Gasteiger charge is -2.21. The molecule has 22 heteroatoms. The molecule has 8 N–H and O–H groups in total. The quantitative estimate of drug-likeness (QED) is 0.0492. The molecule has 0 heterocycles. The first kappa shape index (κ1) is 57.4. The Balaban J connectivity index is 1.70. The minimum atomic E-state index is -0.825. The van der Waals surface area contributed by atoms with Crippen LogP contribution in [0.15, 0.2) is 54.6 Å². The van der Waals surface area contributed by atoms with E-state index in [1.807, 2.05) is 0 Å². The van der Waals surface area contributed by atoms with Crippen molar-refractivity contribution in [2.24, 2.45) is 0 Å². The molecule has 0 radical (unpaired) electrons. The predicted octanol–water partition coefficient (Wildman–Crippen LogP) is 8.77. The summed E-state index contributed by atoms with van der Waals surface area (Å²) < 4.78 is 26.4. The van der Waals surface area contributed by atoms with Crippen molar-refractivity contribution in [3.8, 4) is 0 Å². The first-order valence-electron chi connectivity index (χ1n) is 22.5. The molecule has 0 saturated heterocycles. The van der Waals surface area contributed by atoms with Crippen molar-refractivity contribution in [3.63, 3.8) is 0 Å². The highest BCUT2D eigenvalue weighted by atomic mass is 16.6. The van der Waals surface area contributed by atoms with Crippen LogP contribution in [-0.2, 0) is 33.3 Å². The standard InChI is InChI=1S/C49H66N8O14/c1-14-67-41(62)30-23-31(52-37(58)15-17-50-39(60)28-19-33(54-42(63)68-46(2,3)4)26-34(20-28)55-43(64)69-47(5,6)7)25-32(24-30)53-38(59)16-18-51-40(61)29-21-35(56-44(65)70-48(8,9)10)27-36(22-29)57-45(66)71-49(11,12)13/h19-27H,14-18H2,1-13H3,(H,50,60)(H,51,61)(H,52,58)(H,53,59)(H,54,63)(H,55,64)(H,56,65)(H,57,66). The van der Waals surface area contributed by atoms with Crippen LogP contribution >= 0.6 is 0 Å². The maximum Gasteiger partial charge on any atom is 0.412 e. The number of esters is 1. The van der Waals surface area contributed by atoms with E-state index in [4.69, 9.17) is 23.7 Å². The first-order valence-corrected chi connectivity index (χ1v) is 22.5. The molecule has 22 nitrogen and oxygen atoms in total. The molecule has 0 bridgehead atoms. The molecule has 0 saturated carbocycles. The van der Waals surface area contributed by atoms with Gasteiger partial charge in [0.15, 0.2) is 0 Å². The van der Waals surface area contributed by atoms with E-state index in [1.54, 1.807) is 90.0 Å². The highest BCUT2D eigenvalue weighted by Crippen LogP contribution is 2.25. The lowest BCUT2D eigenvalue weighted by molar-refractivity contribution is -0.116. The molecule has 0 aromatic heterocycles. The minimum absolute atomic E-state index is 0.00658. The summed E-state index contributed by atoms with van der Waals surface area (Å²) >= 11 is 0. The molecule has 0 spiro atoms. The Labute approximate surface area is 412 Å². The minimum Gasteiger partial charge on any atom is -0.462 e. The fourth-order valence-electron chi connectivity index (χ4n) is 5.83. The van der Waals surface area contributed by atoms with Gasteiger partial charge in [0.25, 0.3) is 11.8 Å². The van der Waals surface area contributed by atoms with Crippen molar-refractivity contribution < 1.29 is 66.8 Å². The molecule has 0 aliphatic carbocycles. The normalized spacial score (nSPS) is 11.4. The first-order chi connectivity index (χ1) is 32.7. The summed E-state index contributed by atoms with van der Waals surface area (Å²) in [6.07, 6.45) is -3.75. The van der Waals surface area contributed by atoms with Crippen LogP contribution in [0.1, 0.15) is 134 Å². The van der Waals surface area contributed by atoms with Gasteiger partial charge in [0, 0.05) is 71.2 Å². The van der Waals surface area contributed by atoms with Gasteiger partial charge < -0.3 is 45.0 Å². The zero-order chi connectivity index (χ0) is 53.5. The average molecular weight is 991 g/mol. The Morgan fingerprint density at radius 3 is 0.887 bits per heavy atom. The summed E-state index contributed by atoms with van der Waals surface area (Å²) in [5.41, 5.74) is -2.61. The maximum atomic E-state index is 13.3. The number of anilines is 6. The molecule has 3 aromatic rings. The van der Waals surface area contributed by atoms with E-state index >= 15 is 0 Å². The van der Waals surface area contributed by atoms with Crippen LogP contribution in [0.25, 0.3) is 0 Å². The summed E-state index contributed by atoms with van der Waals surface area (Å²) in [6.45, 7) is 21.4. The van der Waals surface area contributed by atoms with Crippen molar-refractivity contribution in [2.75, 3.05) is 51.6 Å². The predicted molar refractivity (Wildman–Crippen MR) is 266 cm³/mol. The van der Waals surface area contributed by atoms with E-state index in [0.717, 1.165) is 0 Å². The Morgan fingerprint density at radius 1 is 0.380 bits per heavy atom. The lowest BCUT2D eigenvalue weighted by Crippen LogP contribution is -2.29. The number of benzene rings is 3. The van der Waals surface area contributed by atoms with Crippen LogP contribution in [0.5, 0.6) is 0 Å². The van der Waals surface area contributed by atoms with Crippen molar-refractivity contribution in [3.05, 3.63) is 71.3 Å². The fraction of sp³-hybridized carbons (Fsp3) is 0.449. The number of amides is 8. The van der Waals surface area contributed by atoms with Gasteiger partial charge in [-0.2, -0.15) is 0 Å². The number of ether oxygens (including phenoxy) is 5. The second kappa shape index (κ2) is 24.6. The van der Waals surface area contributed by atoms with E-state index < -0.39 is 76.4 Å². The van der Waals surface area contributed by atoms with Gasteiger partial charge in [0.1, 0.15) is 22.4 Å². The molecule has 3 aromatic carbocycles. The number of hydrogen-bond donors (Lipinski definition) is 8. The highest BCUT2D eigenvalue weighted by molar-refractivity contribution is 6.02. The van der Waals surface area contributed by atoms with Gasteiger partial charge in [0.2, 0.25) is 11.8 Å². The van der Waals surface area contributed by atoms with Gasteiger partial charge in [-0.1, -0.05) is 0 Å². The smallest absolute Gasteiger partial charge is 0.412 e. The second-order valence-corrected chi connectivity index (χ2v) is 19.7. The summed E-state index contributed by atoms with van der Waals surface area (Å²) in [6, 6.07) is 12.3. The van der Waals surface area contributed by atoms with Crippen LogP contribution in [0.4, 0.5) is 53.3 Å². The van der Waals surface area contributed by atoms with Gasteiger partial charge in [-0.25, -0.2) is 24.0 Å². The van der Waals surface area contributed by atoms with Crippen LogP contribution in [0.2, 0.25) is 0 Å². The third-order valence-corrected chi connectivity index (χ3v) is 8.26. The zero-order valence-electron chi connectivity index (χ0n) is 42.4. The van der Waals surface area contributed by atoms with Crippen LogP contribution in [0, 0.1) is 0 Å². The summed E-state index contributed by atoms with van der Waals surface area (Å²) in [4.78, 5) is 116. The fourth-order valence-corrected chi connectivity index (χ4v) is 5.83. The van der Waals surface area contributed by atoms with Gasteiger partial charge in [-0.3, -0.25) is 40.4 Å². The molecular weight excluding hydrogens is 925 g/mol. The molecule has 386 valence electrons. The number of carbonyl (C=O) groups excluding carboxylic acids is 9. The number of hydrogen-bond acceptors (Lipinski definition) is 14. The molecule has 0 unspecified atom stereocenters. The molecule has 0 fully saturated rings. The zero-order valence-corrected chi connectivity index (χ0v) is 42.4. The van der Waals surface area contributed by atoms with Crippen LogP contribution in [0.3, 0.4) is 0 Å². The second-order valence-electron chi connectivity index (χ2n) is 19.7. The molecule has 3 rings (SSSR count). The Bertz CT molecular complexity index is 2230. The van der Waals surface area contributed by atoms with Crippen LogP contribution < -0.4 is 42.5 Å². The third kappa shape index (κ3) is 22.8. The summed E-state index contributed by atoms with van der Waals surface area (Å²) in [5.74, 6) is -3.24. The van der Waals surface area contributed by atoms with E-state index in [2.05, 4.69) is 42.5 Å². The Hall–Kier alpha value is -7.91. The van der Waals surface area contributed by atoms with E-state index in [9.17, 15) is 43.2 Å².